The normalized spacial score (nSPS) is 15.4. The minimum absolute atomic E-state index is 0.0211. The van der Waals surface area contributed by atoms with Crippen molar-refractivity contribution in [1.82, 2.24) is 37.2 Å². The van der Waals surface area contributed by atoms with Crippen molar-refractivity contribution in [3.63, 3.8) is 0 Å². The SMILES string of the molecule is CC(C)C[C@H](NC(=O)[C@@H](N)[C@H](O)C(C)C)C(=O)N[C@H](CCCN=C(N)N)C(=O)N[C@@H](CC(C)C)C(=O)N[C@H](C(=O)NCC(=O)N[C@@H](COC(=O)C(F)(F)F)C(=O)N[C@@H](COC(=O)C(F)(F)F)C(=O)O)[C@H](C)O. The number of carboxylic acids is 1. The highest BCUT2D eigenvalue weighted by molar-refractivity contribution is 5.97. The number of rotatable bonds is 30. The van der Waals surface area contributed by atoms with Crippen LogP contribution in [0.1, 0.15) is 74.1 Å². The second-order valence-electron chi connectivity index (χ2n) is 17.3. The van der Waals surface area contributed by atoms with Crippen molar-refractivity contribution in [3.05, 3.63) is 0 Å². The van der Waals surface area contributed by atoms with Crippen LogP contribution in [-0.2, 0) is 57.4 Å². The number of aliphatic hydroxyl groups is 2. The van der Waals surface area contributed by atoms with Gasteiger partial charge in [0, 0.05) is 6.54 Å². The van der Waals surface area contributed by atoms with Crippen molar-refractivity contribution in [3.8, 4) is 0 Å². The first-order chi connectivity index (χ1) is 33.0. The number of carbonyl (C=O) groups excluding carboxylic acids is 9. The maximum absolute atomic E-state index is 13.9. The maximum atomic E-state index is 13.9. The van der Waals surface area contributed by atoms with Crippen molar-refractivity contribution in [2.24, 2.45) is 39.9 Å². The summed E-state index contributed by atoms with van der Waals surface area (Å²) in [6.07, 6.45) is -14.5. The number of nitrogens with zero attached hydrogens (tertiary/aromatic N) is 1. The standard InChI is InChI=1S/C40H65F6N11O15/c1-16(2)11-21(55-33(65)26(47)28(60)18(5)6)30(62)53-20(9-8-10-50-38(48)49)29(61)54-22(12-17(3)4)31(63)57-27(19(7)58)34(66)51-13-25(59)52-23(14-71-36(69)39(41,42)43)32(64)56-24(35(67)68)15-72-37(70)40(44,45)46/h16-24,26-28,58,60H,8-15,47H2,1-7H3,(H,51,66)(H,52,59)(H,53,62)(H,54,61)(H,55,65)(H,56,64)(H,57,63)(H,67,68)(H4,48,49,50)/t19-,20+,21-,22-,23-,24-,26-,27-,28+/m0/s1. The molecule has 412 valence electrons. The number of aliphatic imine (C=N–C) groups is 1. The van der Waals surface area contributed by atoms with E-state index in [0.717, 1.165) is 6.92 Å². The molecule has 0 fully saturated rings. The van der Waals surface area contributed by atoms with Crippen molar-refractivity contribution >= 4 is 65.2 Å². The monoisotopic (exact) mass is 1050 g/mol. The van der Waals surface area contributed by atoms with Crippen molar-refractivity contribution in [1.29, 1.82) is 0 Å². The Kier molecular flexibility index (Phi) is 27.6. The molecule has 0 spiro atoms. The van der Waals surface area contributed by atoms with Crippen LogP contribution in [-0.4, -0.2) is 174 Å². The summed E-state index contributed by atoms with van der Waals surface area (Å²) in [5, 5.41) is 45.0. The van der Waals surface area contributed by atoms with Crippen LogP contribution in [0.25, 0.3) is 0 Å². The number of hydrogen-bond acceptors (Lipinski definition) is 16. The fourth-order valence-corrected chi connectivity index (χ4v) is 5.85. The summed E-state index contributed by atoms with van der Waals surface area (Å²) in [4.78, 5) is 131. The molecule has 0 radical (unpaired) electrons. The van der Waals surface area contributed by atoms with Gasteiger partial charge in [0.2, 0.25) is 41.4 Å². The van der Waals surface area contributed by atoms with Crippen molar-refractivity contribution in [2.45, 2.75) is 141 Å². The lowest BCUT2D eigenvalue weighted by Crippen LogP contribution is -2.61. The molecule has 0 saturated carbocycles. The van der Waals surface area contributed by atoms with E-state index in [2.05, 4.69) is 35.7 Å². The molecule has 7 amide bonds. The van der Waals surface area contributed by atoms with Crippen LogP contribution < -0.4 is 54.4 Å². The number of aliphatic carboxylic acids is 1. The van der Waals surface area contributed by atoms with Gasteiger partial charge in [0.1, 0.15) is 49.5 Å². The highest BCUT2D eigenvalue weighted by Gasteiger charge is 2.44. The maximum Gasteiger partial charge on any atom is 0.490 e. The molecule has 0 aromatic heterocycles. The van der Waals surface area contributed by atoms with Gasteiger partial charge in [-0.2, -0.15) is 26.3 Å². The van der Waals surface area contributed by atoms with E-state index < -0.39 is 152 Å². The van der Waals surface area contributed by atoms with Gasteiger partial charge in [-0.25, -0.2) is 14.4 Å². The first-order valence-electron chi connectivity index (χ1n) is 22.0. The number of alkyl halides is 6. The molecular formula is C40H65F6N11O15. The molecule has 0 saturated heterocycles. The van der Waals surface area contributed by atoms with Crippen LogP contribution in [0.4, 0.5) is 26.3 Å². The Labute approximate surface area is 408 Å². The Morgan fingerprint density at radius 3 is 1.43 bits per heavy atom. The zero-order valence-electron chi connectivity index (χ0n) is 40.3. The number of carbonyl (C=O) groups is 10. The first-order valence-corrected chi connectivity index (χ1v) is 22.0. The summed E-state index contributed by atoms with van der Waals surface area (Å²) in [5.41, 5.74) is 16.7. The molecule has 0 aromatic rings. The lowest BCUT2D eigenvalue weighted by molar-refractivity contribution is -0.201. The second kappa shape index (κ2) is 30.3. The highest BCUT2D eigenvalue weighted by Crippen LogP contribution is 2.18. The van der Waals surface area contributed by atoms with E-state index in [1.165, 1.54) is 5.32 Å². The Morgan fingerprint density at radius 1 is 0.583 bits per heavy atom. The van der Waals surface area contributed by atoms with Crippen molar-refractivity contribution in [2.75, 3.05) is 26.3 Å². The predicted octanol–water partition coefficient (Wildman–Crippen LogP) is -3.82. The minimum Gasteiger partial charge on any atom is -0.480 e. The number of amides is 7. The number of nitrogens with one attached hydrogen (secondary N) is 7. The topological polar surface area (TPSA) is 424 Å². The summed E-state index contributed by atoms with van der Waals surface area (Å²) in [7, 11) is 0. The van der Waals surface area contributed by atoms with Crippen molar-refractivity contribution < 1.29 is 99.1 Å². The molecule has 72 heavy (non-hydrogen) atoms. The van der Waals surface area contributed by atoms with Gasteiger partial charge in [0.15, 0.2) is 12.0 Å². The van der Waals surface area contributed by atoms with Gasteiger partial charge in [-0.3, -0.25) is 38.6 Å². The average Bonchev–Trinajstić information content (AvgIpc) is 3.25. The fourth-order valence-electron chi connectivity index (χ4n) is 5.85. The lowest BCUT2D eigenvalue weighted by Gasteiger charge is -2.29. The predicted molar refractivity (Wildman–Crippen MR) is 236 cm³/mol. The molecule has 0 aromatic carbocycles. The van der Waals surface area contributed by atoms with Crippen LogP contribution in [0.3, 0.4) is 0 Å². The Balaban J connectivity index is 6.43. The van der Waals surface area contributed by atoms with Gasteiger partial charge < -0.3 is 79.2 Å². The number of guanidine groups is 1. The van der Waals surface area contributed by atoms with E-state index >= 15 is 0 Å². The van der Waals surface area contributed by atoms with Gasteiger partial charge in [-0.15, -0.1) is 0 Å². The number of halogens is 6. The van der Waals surface area contributed by atoms with E-state index in [1.807, 2.05) is 5.32 Å². The number of nitrogens with two attached hydrogens (primary N) is 3. The Morgan fingerprint density at radius 2 is 1.00 bits per heavy atom. The van der Waals surface area contributed by atoms with Crippen LogP contribution in [0, 0.1) is 17.8 Å². The second-order valence-corrected chi connectivity index (χ2v) is 17.3. The van der Waals surface area contributed by atoms with E-state index in [4.69, 9.17) is 17.2 Å². The lowest BCUT2D eigenvalue weighted by atomic mass is 9.98. The summed E-state index contributed by atoms with van der Waals surface area (Å²) < 4.78 is 83.8. The molecule has 0 rings (SSSR count). The molecule has 32 heteroatoms. The van der Waals surface area contributed by atoms with E-state index in [0.29, 0.717) is 0 Å². The molecule has 0 heterocycles. The van der Waals surface area contributed by atoms with Gasteiger partial charge in [-0.1, -0.05) is 41.5 Å². The molecule has 16 N–H and O–H groups in total. The third-order valence-electron chi connectivity index (χ3n) is 9.59. The number of carboxylic acid groups (broad SMARTS) is 1. The molecule has 0 aliphatic heterocycles. The third kappa shape index (κ3) is 25.0. The molecule has 0 unspecified atom stereocenters. The zero-order chi connectivity index (χ0) is 56.0. The average molecular weight is 1050 g/mol. The smallest absolute Gasteiger partial charge is 0.480 e. The number of esters is 2. The van der Waals surface area contributed by atoms with Gasteiger partial charge in [-0.05, 0) is 50.4 Å². The highest BCUT2D eigenvalue weighted by atomic mass is 19.4. The van der Waals surface area contributed by atoms with Crippen LogP contribution in [0.5, 0.6) is 0 Å². The van der Waals surface area contributed by atoms with Gasteiger partial charge in [0.05, 0.1) is 18.8 Å². The number of aliphatic hydroxyl groups excluding tert-OH is 2. The molecule has 0 bridgehead atoms. The molecule has 26 nitrogen and oxygen atoms in total. The molecule has 9 atom stereocenters. The summed E-state index contributed by atoms with van der Waals surface area (Å²) >= 11 is 0. The summed E-state index contributed by atoms with van der Waals surface area (Å²) in [6.45, 7) is 6.36. The number of ether oxygens (including phenoxy) is 2. The largest absolute Gasteiger partial charge is 0.490 e. The molecule has 0 aliphatic rings. The van der Waals surface area contributed by atoms with E-state index in [9.17, 15) is 89.6 Å². The van der Waals surface area contributed by atoms with E-state index in [1.54, 1.807) is 46.9 Å². The third-order valence-corrected chi connectivity index (χ3v) is 9.59. The first kappa shape index (κ1) is 65.4. The fraction of sp³-hybridized carbons (Fsp3) is 0.725. The quantitative estimate of drug-likeness (QED) is 0.0108. The number of hydrogen-bond donors (Lipinski definition) is 13. The van der Waals surface area contributed by atoms with E-state index in [-0.39, 0.29) is 50.0 Å². The van der Waals surface area contributed by atoms with Crippen LogP contribution >= 0.6 is 0 Å². The minimum atomic E-state index is -5.66. The summed E-state index contributed by atoms with van der Waals surface area (Å²) in [5.74, 6) is -17.6. The van der Waals surface area contributed by atoms with Crippen LogP contribution in [0.2, 0.25) is 0 Å². The van der Waals surface area contributed by atoms with Gasteiger partial charge in [0.25, 0.3) is 0 Å². The van der Waals surface area contributed by atoms with Crippen LogP contribution in [0.15, 0.2) is 4.99 Å². The molecule has 0 aliphatic carbocycles. The Bertz CT molecular complexity index is 1920. The zero-order valence-corrected chi connectivity index (χ0v) is 40.3. The molecular weight excluding hydrogens is 988 g/mol. The van der Waals surface area contributed by atoms with Gasteiger partial charge >= 0.3 is 30.3 Å². The summed E-state index contributed by atoms with van der Waals surface area (Å²) in [6, 6.07) is -12.6. The Hall–Kier alpha value is -6.57.